The number of aromatic nitrogens is 4. The maximum absolute atomic E-state index is 13.1. The second kappa shape index (κ2) is 9.34. The van der Waals surface area contributed by atoms with Gasteiger partial charge in [0.1, 0.15) is 0 Å². The summed E-state index contributed by atoms with van der Waals surface area (Å²) in [5.74, 6) is 0.756. The minimum atomic E-state index is -0.448. The molecular formula is C23H24ClN5O2S. The molecule has 0 bridgehead atoms. The van der Waals surface area contributed by atoms with E-state index in [0.29, 0.717) is 39.5 Å². The number of amides is 1. The van der Waals surface area contributed by atoms with Gasteiger partial charge in [0.2, 0.25) is 11.7 Å². The average Bonchev–Trinajstić information content (AvgIpc) is 3.17. The first-order chi connectivity index (χ1) is 15.3. The van der Waals surface area contributed by atoms with E-state index in [1.54, 1.807) is 28.8 Å². The number of fused-ring (bicyclic) bond motifs is 3. The third kappa shape index (κ3) is 4.52. The maximum Gasteiger partial charge on any atom is 0.262 e. The molecule has 2 aromatic carbocycles. The zero-order chi connectivity index (χ0) is 22.8. The third-order valence-electron chi connectivity index (χ3n) is 5.15. The molecule has 0 aliphatic heterocycles. The Morgan fingerprint density at radius 2 is 1.91 bits per heavy atom. The van der Waals surface area contributed by atoms with Gasteiger partial charge in [-0.25, -0.2) is 0 Å². The fourth-order valence-electron chi connectivity index (χ4n) is 3.42. The highest BCUT2D eigenvalue weighted by Gasteiger charge is 2.21. The number of rotatable bonds is 7. The largest absolute Gasteiger partial charge is 0.325 e. The van der Waals surface area contributed by atoms with E-state index in [-0.39, 0.29) is 11.5 Å². The molecule has 1 unspecified atom stereocenters. The minimum Gasteiger partial charge on any atom is -0.325 e. The monoisotopic (exact) mass is 469 g/mol. The highest BCUT2D eigenvalue weighted by molar-refractivity contribution is 8.00. The van der Waals surface area contributed by atoms with Crippen LogP contribution in [0.15, 0.2) is 58.5 Å². The Hall–Kier alpha value is -2.84. The first kappa shape index (κ1) is 22.4. The number of anilines is 1. The van der Waals surface area contributed by atoms with Crippen molar-refractivity contribution in [1.29, 1.82) is 0 Å². The van der Waals surface area contributed by atoms with E-state index >= 15 is 0 Å². The summed E-state index contributed by atoms with van der Waals surface area (Å²) >= 11 is 7.30. The topological polar surface area (TPSA) is 81.3 Å². The summed E-state index contributed by atoms with van der Waals surface area (Å²) in [6, 6.07) is 14.4. The van der Waals surface area contributed by atoms with Crippen molar-refractivity contribution in [1.82, 2.24) is 19.2 Å². The van der Waals surface area contributed by atoms with Crippen LogP contribution in [-0.4, -0.2) is 30.3 Å². The molecule has 0 saturated carbocycles. The Morgan fingerprint density at radius 1 is 1.12 bits per heavy atom. The fraction of sp³-hybridized carbons (Fsp3) is 0.304. The van der Waals surface area contributed by atoms with E-state index in [1.807, 2.05) is 35.6 Å². The lowest BCUT2D eigenvalue weighted by atomic mass is 10.1. The zero-order valence-corrected chi connectivity index (χ0v) is 19.7. The minimum absolute atomic E-state index is 0.0792. The molecule has 9 heteroatoms. The standard InChI is InChI=1S/C23H24ClN5O2S/c1-14(2)11-12-28-21(31)18-9-4-5-10-19(18)29-22(28)26-27-23(29)32-15(3)20(30)25-17-8-6-7-16(24)13-17/h4-10,13-15H,11-12H2,1-3H3,(H,25,30). The molecule has 1 N–H and O–H groups in total. The quantitative estimate of drug-likeness (QED) is 0.391. The number of thioether (sulfide) groups is 1. The van der Waals surface area contributed by atoms with E-state index in [2.05, 4.69) is 29.4 Å². The number of benzene rings is 2. The number of halogens is 1. The van der Waals surface area contributed by atoms with Crippen molar-refractivity contribution in [2.75, 3.05) is 5.32 Å². The van der Waals surface area contributed by atoms with E-state index in [0.717, 1.165) is 11.9 Å². The Labute approximate surface area is 194 Å². The molecule has 0 saturated heterocycles. The molecular weight excluding hydrogens is 446 g/mol. The van der Waals surface area contributed by atoms with Gasteiger partial charge in [0.05, 0.1) is 16.2 Å². The van der Waals surface area contributed by atoms with Crippen molar-refractivity contribution in [3.05, 3.63) is 63.9 Å². The van der Waals surface area contributed by atoms with Crippen molar-refractivity contribution in [2.45, 2.75) is 44.1 Å². The molecule has 0 aliphatic rings. The zero-order valence-electron chi connectivity index (χ0n) is 18.1. The number of hydrogen-bond donors (Lipinski definition) is 1. The highest BCUT2D eigenvalue weighted by atomic mass is 35.5. The molecule has 1 atom stereocenters. The molecule has 2 aromatic heterocycles. The number of carbonyl (C=O) groups excluding carboxylic acids is 1. The molecule has 2 heterocycles. The summed E-state index contributed by atoms with van der Waals surface area (Å²) in [5.41, 5.74) is 1.28. The predicted octanol–water partition coefficient (Wildman–Crippen LogP) is 4.86. The van der Waals surface area contributed by atoms with Crippen LogP contribution < -0.4 is 10.9 Å². The van der Waals surface area contributed by atoms with Gasteiger partial charge in [-0.05, 0) is 49.6 Å². The van der Waals surface area contributed by atoms with E-state index in [4.69, 9.17) is 11.6 Å². The van der Waals surface area contributed by atoms with E-state index in [9.17, 15) is 9.59 Å². The molecule has 4 aromatic rings. The summed E-state index contributed by atoms with van der Waals surface area (Å²) in [7, 11) is 0. The smallest absolute Gasteiger partial charge is 0.262 e. The van der Waals surface area contributed by atoms with Gasteiger partial charge in [-0.15, -0.1) is 10.2 Å². The van der Waals surface area contributed by atoms with Crippen LogP contribution in [0.25, 0.3) is 16.7 Å². The van der Waals surface area contributed by atoms with Crippen LogP contribution >= 0.6 is 23.4 Å². The lowest BCUT2D eigenvalue weighted by Crippen LogP contribution is -2.25. The normalized spacial score (nSPS) is 12.5. The van der Waals surface area contributed by atoms with Gasteiger partial charge in [-0.3, -0.25) is 18.6 Å². The van der Waals surface area contributed by atoms with Crippen molar-refractivity contribution >= 4 is 51.6 Å². The number of hydrogen-bond acceptors (Lipinski definition) is 5. The van der Waals surface area contributed by atoms with Crippen LogP contribution in [0, 0.1) is 5.92 Å². The third-order valence-corrected chi connectivity index (χ3v) is 6.43. The molecule has 0 radical (unpaired) electrons. The lowest BCUT2D eigenvalue weighted by molar-refractivity contribution is -0.115. The highest BCUT2D eigenvalue weighted by Crippen LogP contribution is 2.26. The van der Waals surface area contributed by atoms with Crippen LogP contribution in [-0.2, 0) is 11.3 Å². The van der Waals surface area contributed by atoms with Crippen molar-refractivity contribution in [3.8, 4) is 0 Å². The van der Waals surface area contributed by atoms with Crippen LogP contribution in [0.1, 0.15) is 27.2 Å². The molecule has 32 heavy (non-hydrogen) atoms. The van der Waals surface area contributed by atoms with Crippen LogP contribution in [0.3, 0.4) is 0 Å². The van der Waals surface area contributed by atoms with Gasteiger partial charge in [0.15, 0.2) is 5.16 Å². The predicted molar refractivity (Wildman–Crippen MR) is 130 cm³/mol. The van der Waals surface area contributed by atoms with Crippen molar-refractivity contribution in [2.24, 2.45) is 5.92 Å². The fourth-order valence-corrected chi connectivity index (χ4v) is 4.47. The number of nitrogens with one attached hydrogen (secondary N) is 1. The Morgan fingerprint density at radius 3 is 2.66 bits per heavy atom. The second-order valence-electron chi connectivity index (χ2n) is 8.03. The molecule has 0 fully saturated rings. The number of aryl methyl sites for hydroxylation is 1. The number of nitrogens with zero attached hydrogens (tertiary/aromatic N) is 4. The van der Waals surface area contributed by atoms with Gasteiger partial charge >= 0.3 is 0 Å². The van der Waals surface area contributed by atoms with Gasteiger partial charge < -0.3 is 5.32 Å². The van der Waals surface area contributed by atoms with Gasteiger partial charge in [0.25, 0.3) is 5.56 Å². The van der Waals surface area contributed by atoms with Crippen molar-refractivity contribution in [3.63, 3.8) is 0 Å². The van der Waals surface area contributed by atoms with Crippen LogP contribution in [0.2, 0.25) is 5.02 Å². The molecule has 0 aliphatic carbocycles. The van der Waals surface area contributed by atoms with Crippen LogP contribution in [0.4, 0.5) is 5.69 Å². The lowest BCUT2D eigenvalue weighted by Gasteiger charge is -2.14. The molecule has 1 amide bonds. The molecule has 166 valence electrons. The Balaban J connectivity index is 1.70. The summed E-state index contributed by atoms with van der Waals surface area (Å²) in [6.07, 6.45) is 0.849. The van der Waals surface area contributed by atoms with Crippen LogP contribution in [0.5, 0.6) is 0 Å². The van der Waals surface area contributed by atoms with E-state index in [1.165, 1.54) is 11.8 Å². The Kier molecular flexibility index (Phi) is 6.53. The number of carbonyl (C=O) groups is 1. The number of para-hydroxylation sites is 1. The summed E-state index contributed by atoms with van der Waals surface area (Å²) < 4.78 is 3.54. The SMILES string of the molecule is CC(C)CCn1c(=O)c2ccccc2n2c(SC(C)C(=O)Nc3cccc(Cl)c3)nnc12. The molecule has 0 spiro atoms. The first-order valence-electron chi connectivity index (χ1n) is 10.4. The second-order valence-corrected chi connectivity index (χ2v) is 9.78. The Bertz CT molecular complexity index is 1350. The van der Waals surface area contributed by atoms with Gasteiger partial charge in [-0.1, -0.05) is 55.4 Å². The molecule has 7 nitrogen and oxygen atoms in total. The first-order valence-corrected chi connectivity index (χ1v) is 11.7. The summed E-state index contributed by atoms with van der Waals surface area (Å²) in [6.45, 7) is 6.60. The molecule has 4 rings (SSSR count). The average molecular weight is 470 g/mol. The van der Waals surface area contributed by atoms with Gasteiger partial charge in [-0.2, -0.15) is 0 Å². The maximum atomic E-state index is 13.1. The van der Waals surface area contributed by atoms with E-state index < -0.39 is 5.25 Å². The van der Waals surface area contributed by atoms with Gasteiger partial charge in [0, 0.05) is 17.3 Å². The van der Waals surface area contributed by atoms with Crippen molar-refractivity contribution < 1.29 is 4.79 Å². The summed E-state index contributed by atoms with van der Waals surface area (Å²) in [4.78, 5) is 25.9. The summed E-state index contributed by atoms with van der Waals surface area (Å²) in [5, 5.41) is 12.8.